The van der Waals surface area contributed by atoms with Crippen molar-refractivity contribution in [2.75, 3.05) is 47.3 Å². The van der Waals surface area contributed by atoms with Crippen LogP contribution in [0.4, 0.5) is 0 Å². The summed E-state index contributed by atoms with van der Waals surface area (Å²) in [6, 6.07) is 10.7. The Labute approximate surface area is 146 Å². The molecule has 0 N–H and O–H groups in total. The first-order valence-corrected chi connectivity index (χ1v) is 8.67. The molecule has 1 aliphatic rings. The number of carbonyl (C=O) groups excluding carboxylic acids is 1. The van der Waals surface area contributed by atoms with Crippen LogP contribution in [0, 0.1) is 5.41 Å². The summed E-state index contributed by atoms with van der Waals surface area (Å²) in [6.45, 7) is 3.44. The summed E-state index contributed by atoms with van der Waals surface area (Å²) in [5.41, 5.74) is 1.61. The van der Waals surface area contributed by atoms with Crippen LogP contribution in [-0.2, 0) is 11.2 Å². The Morgan fingerprint density at radius 3 is 2.35 bits per heavy atom. The van der Waals surface area contributed by atoms with Crippen LogP contribution in [0.3, 0.4) is 0 Å². The third kappa shape index (κ3) is 5.52. The Bertz CT molecular complexity index is 498. The largest absolute Gasteiger partial charge is 0.348 e. The standard InChI is InChI=1S/C18H29N3OS/c1-19(2)17(22)14-20(3)15-18(9-11-21(23)12-10-18)13-16-7-5-4-6-8-16/h4-8,23H,9-15H2,1-3H3. The van der Waals surface area contributed by atoms with E-state index in [1.807, 2.05) is 14.1 Å². The molecule has 23 heavy (non-hydrogen) atoms. The molecule has 0 radical (unpaired) electrons. The molecule has 0 aromatic heterocycles. The number of hydrogen-bond acceptors (Lipinski definition) is 4. The lowest BCUT2D eigenvalue weighted by Crippen LogP contribution is -2.46. The van der Waals surface area contributed by atoms with Crippen molar-refractivity contribution < 1.29 is 4.79 Å². The highest BCUT2D eigenvalue weighted by molar-refractivity contribution is 7.77. The van der Waals surface area contributed by atoms with Crippen molar-refractivity contribution in [3.63, 3.8) is 0 Å². The van der Waals surface area contributed by atoms with Gasteiger partial charge in [-0.1, -0.05) is 43.1 Å². The molecule has 1 aromatic rings. The van der Waals surface area contributed by atoms with Gasteiger partial charge in [0.1, 0.15) is 0 Å². The maximum Gasteiger partial charge on any atom is 0.236 e. The summed E-state index contributed by atoms with van der Waals surface area (Å²) in [7, 11) is 5.69. The molecule has 0 spiro atoms. The summed E-state index contributed by atoms with van der Waals surface area (Å²) in [6.07, 6.45) is 3.30. The lowest BCUT2D eigenvalue weighted by molar-refractivity contribution is -0.130. The van der Waals surface area contributed by atoms with Crippen LogP contribution in [0.5, 0.6) is 0 Å². The quantitative estimate of drug-likeness (QED) is 0.807. The van der Waals surface area contributed by atoms with Crippen molar-refractivity contribution in [2.45, 2.75) is 19.3 Å². The normalized spacial score (nSPS) is 18.1. The lowest BCUT2D eigenvalue weighted by Gasteiger charge is -2.42. The lowest BCUT2D eigenvalue weighted by atomic mass is 9.73. The molecule has 0 aliphatic carbocycles. The van der Waals surface area contributed by atoms with Gasteiger partial charge in [-0.3, -0.25) is 14.0 Å². The van der Waals surface area contributed by atoms with Crippen LogP contribution in [0.2, 0.25) is 0 Å². The van der Waals surface area contributed by atoms with Gasteiger partial charge in [0, 0.05) is 33.7 Å². The van der Waals surface area contributed by atoms with Gasteiger partial charge in [0.25, 0.3) is 0 Å². The zero-order valence-electron chi connectivity index (χ0n) is 14.5. The molecule has 2 rings (SSSR count). The van der Waals surface area contributed by atoms with Crippen molar-refractivity contribution in [2.24, 2.45) is 5.41 Å². The van der Waals surface area contributed by atoms with Crippen molar-refractivity contribution >= 4 is 18.7 Å². The van der Waals surface area contributed by atoms with Crippen LogP contribution in [0.15, 0.2) is 30.3 Å². The molecule has 0 bridgehead atoms. The van der Waals surface area contributed by atoms with E-state index in [2.05, 4.69) is 59.4 Å². The Balaban J connectivity index is 2.06. The molecule has 0 unspecified atom stereocenters. The van der Waals surface area contributed by atoms with Gasteiger partial charge in [-0.2, -0.15) is 0 Å². The topological polar surface area (TPSA) is 26.8 Å². The number of piperidine rings is 1. The van der Waals surface area contributed by atoms with Crippen LogP contribution in [-0.4, -0.2) is 67.3 Å². The van der Waals surface area contributed by atoms with Crippen LogP contribution < -0.4 is 0 Å². The van der Waals surface area contributed by atoms with Gasteiger partial charge >= 0.3 is 0 Å². The van der Waals surface area contributed by atoms with Gasteiger partial charge in [-0.15, -0.1) is 0 Å². The molecule has 128 valence electrons. The molecule has 1 aromatic carbocycles. The van der Waals surface area contributed by atoms with E-state index in [1.54, 1.807) is 4.90 Å². The first-order valence-electron chi connectivity index (χ1n) is 8.27. The summed E-state index contributed by atoms with van der Waals surface area (Å²) in [5, 5.41) is 0. The summed E-state index contributed by atoms with van der Waals surface area (Å²) in [5.74, 6) is 0.161. The predicted molar refractivity (Wildman–Crippen MR) is 98.6 cm³/mol. The molecule has 0 saturated carbocycles. The number of thiol groups is 1. The highest BCUT2D eigenvalue weighted by Crippen LogP contribution is 2.36. The number of hydrogen-bond donors (Lipinski definition) is 1. The second kappa shape index (κ2) is 8.18. The Hall–Kier alpha value is -1.04. The van der Waals surface area contributed by atoms with Gasteiger partial charge in [-0.25, -0.2) is 0 Å². The van der Waals surface area contributed by atoms with Crippen molar-refractivity contribution in [3.8, 4) is 0 Å². The Kier molecular flexibility index (Phi) is 6.50. The van der Waals surface area contributed by atoms with Crippen LogP contribution in [0.1, 0.15) is 18.4 Å². The highest BCUT2D eigenvalue weighted by Gasteiger charge is 2.35. The first kappa shape index (κ1) is 18.3. The first-order chi connectivity index (χ1) is 10.9. The smallest absolute Gasteiger partial charge is 0.236 e. The van der Waals surface area contributed by atoms with Crippen LogP contribution >= 0.6 is 12.8 Å². The fraction of sp³-hybridized carbons (Fsp3) is 0.611. The molecule has 4 nitrogen and oxygen atoms in total. The number of benzene rings is 1. The number of rotatable bonds is 6. The van der Waals surface area contributed by atoms with E-state index in [4.69, 9.17) is 0 Å². The zero-order valence-corrected chi connectivity index (χ0v) is 15.4. The van der Waals surface area contributed by atoms with E-state index in [0.29, 0.717) is 6.54 Å². The van der Waals surface area contributed by atoms with E-state index in [9.17, 15) is 4.79 Å². The average Bonchev–Trinajstić information content (AvgIpc) is 2.51. The van der Waals surface area contributed by atoms with Crippen molar-refractivity contribution in [1.29, 1.82) is 0 Å². The molecule has 1 amide bonds. The zero-order chi connectivity index (χ0) is 16.9. The maximum absolute atomic E-state index is 12.0. The molecule has 1 fully saturated rings. The Morgan fingerprint density at radius 2 is 1.78 bits per heavy atom. The number of carbonyl (C=O) groups is 1. The molecule has 5 heteroatoms. The maximum atomic E-state index is 12.0. The van der Waals surface area contributed by atoms with Crippen LogP contribution in [0.25, 0.3) is 0 Å². The van der Waals surface area contributed by atoms with Gasteiger partial charge < -0.3 is 4.90 Å². The molecule has 0 atom stereocenters. The van der Waals surface area contributed by atoms with E-state index >= 15 is 0 Å². The summed E-state index contributed by atoms with van der Waals surface area (Å²) >= 11 is 4.50. The fourth-order valence-electron chi connectivity index (χ4n) is 3.39. The molecule has 1 heterocycles. The molecular formula is C18H29N3OS. The van der Waals surface area contributed by atoms with Gasteiger partial charge in [0.05, 0.1) is 6.54 Å². The fourth-order valence-corrected chi connectivity index (χ4v) is 3.59. The average molecular weight is 336 g/mol. The third-order valence-electron chi connectivity index (χ3n) is 4.73. The summed E-state index contributed by atoms with van der Waals surface area (Å²) in [4.78, 5) is 15.8. The Morgan fingerprint density at radius 1 is 1.17 bits per heavy atom. The second-order valence-corrected chi connectivity index (χ2v) is 7.64. The van der Waals surface area contributed by atoms with Gasteiger partial charge in [0.15, 0.2) is 0 Å². The predicted octanol–water partition coefficient (Wildman–Crippen LogP) is 2.18. The van der Waals surface area contributed by atoms with Gasteiger partial charge in [-0.05, 0) is 37.3 Å². The van der Waals surface area contributed by atoms with E-state index < -0.39 is 0 Å². The minimum atomic E-state index is 0.161. The summed E-state index contributed by atoms with van der Waals surface area (Å²) < 4.78 is 2.11. The minimum Gasteiger partial charge on any atom is -0.348 e. The van der Waals surface area contributed by atoms with Crippen molar-refractivity contribution in [3.05, 3.63) is 35.9 Å². The highest BCUT2D eigenvalue weighted by atomic mass is 32.1. The van der Waals surface area contributed by atoms with E-state index in [0.717, 1.165) is 38.9 Å². The third-order valence-corrected chi connectivity index (χ3v) is 5.13. The van der Waals surface area contributed by atoms with Crippen molar-refractivity contribution in [1.82, 2.24) is 14.1 Å². The van der Waals surface area contributed by atoms with E-state index in [1.165, 1.54) is 5.56 Å². The minimum absolute atomic E-state index is 0.161. The SMILES string of the molecule is CN(CC(=O)N(C)C)CC1(Cc2ccccc2)CCN(S)CC1. The van der Waals surface area contributed by atoms with E-state index in [-0.39, 0.29) is 11.3 Å². The monoisotopic (exact) mass is 335 g/mol. The van der Waals surface area contributed by atoms with Gasteiger partial charge in [0.2, 0.25) is 5.91 Å². The molecule has 1 saturated heterocycles. The second-order valence-electron chi connectivity index (χ2n) is 7.08. The number of likely N-dealkylation sites (N-methyl/N-ethyl adjacent to an activating group) is 2. The number of amides is 1. The molecular weight excluding hydrogens is 306 g/mol. The number of nitrogens with zero attached hydrogens (tertiary/aromatic N) is 3. The molecule has 1 aliphatic heterocycles.